The van der Waals surface area contributed by atoms with E-state index in [0.717, 1.165) is 23.8 Å². The molecule has 1 aromatic heterocycles. The summed E-state index contributed by atoms with van der Waals surface area (Å²) in [7, 11) is 1.57. The number of ether oxygens (including phenoxy) is 2. The Balaban J connectivity index is 1.66. The lowest BCUT2D eigenvalue weighted by molar-refractivity contribution is -0.384. The Labute approximate surface area is 154 Å². The maximum Gasteiger partial charge on any atom is 0.292 e. The molecule has 0 radical (unpaired) electrons. The molecule has 27 heavy (non-hydrogen) atoms. The van der Waals surface area contributed by atoms with E-state index in [2.05, 4.69) is 10.3 Å². The van der Waals surface area contributed by atoms with Crippen LogP contribution < -0.4 is 14.8 Å². The van der Waals surface area contributed by atoms with Crippen LogP contribution in [0.4, 0.5) is 15.8 Å². The van der Waals surface area contributed by atoms with Crippen molar-refractivity contribution in [3.05, 3.63) is 82.3 Å². The number of anilines is 1. The van der Waals surface area contributed by atoms with E-state index in [9.17, 15) is 14.5 Å². The lowest BCUT2D eigenvalue weighted by atomic mass is 10.2. The first-order valence-corrected chi connectivity index (χ1v) is 8.00. The Morgan fingerprint density at radius 1 is 1.15 bits per heavy atom. The normalized spacial score (nSPS) is 10.3. The molecule has 0 amide bonds. The van der Waals surface area contributed by atoms with Gasteiger partial charge in [-0.3, -0.25) is 10.1 Å². The second-order valence-corrected chi connectivity index (χ2v) is 5.56. The van der Waals surface area contributed by atoms with Gasteiger partial charge in [-0.1, -0.05) is 12.1 Å². The number of hydrogen-bond acceptors (Lipinski definition) is 6. The quantitative estimate of drug-likeness (QED) is 0.486. The van der Waals surface area contributed by atoms with Crippen molar-refractivity contribution in [3.8, 4) is 17.4 Å². The molecular weight excluding hydrogens is 353 g/mol. The summed E-state index contributed by atoms with van der Waals surface area (Å²) in [5, 5.41) is 13.9. The minimum Gasteiger partial charge on any atom is -0.497 e. The highest BCUT2D eigenvalue weighted by molar-refractivity contribution is 5.61. The Kier molecular flexibility index (Phi) is 5.46. The average Bonchev–Trinajstić information content (AvgIpc) is 2.67. The van der Waals surface area contributed by atoms with E-state index in [0.29, 0.717) is 17.4 Å². The molecule has 7 nitrogen and oxygen atoms in total. The Morgan fingerprint density at radius 2 is 1.96 bits per heavy atom. The van der Waals surface area contributed by atoms with Crippen LogP contribution in [0, 0.1) is 15.9 Å². The third-order valence-electron chi connectivity index (χ3n) is 3.70. The molecule has 0 bridgehead atoms. The monoisotopic (exact) mass is 369 g/mol. The van der Waals surface area contributed by atoms with Gasteiger partial charge in [0.15, 0.2) is 0 Å². The molecule has 3 rings (SSSR count). The van der Waals surface area contributed by atoms with Crippen molar-refractivity contribution < 1.29 is 18.8 Å². The third kappa shape index (κ3) is 4.69. The molecule has 2 aromatic carbocycles. The van der Waals surface area contributed by atoms with E-state index < -0.39 is 10.7 Å². The van der Waals surface area contributed by atoms with Crippen LogP contribution >= 0.6 is 0 Å². The van der Waals surface area contributed by atoms with Gasteiger partial charge in [0.1, 0.15) is 23.0 Å². The lowest BCUT2D eigenvalue weighted by Gasteiger charge is -2.09. The van der Waals surface area contributed by atoms with Crippen molar-refractivity contribution >= 4 is 11.4 Å². The summed E-state index contributed by atoms with van der Waals surface area (Å²) in [6.45, 7) is 0.247. The number of benzene rings is 2. The molecule has 8 heteroatoms. The Hall–Kier alpha value is -3.68. The number of rotatable bonds is 7. The van der Waals surface area contributed by atoms with Gasteiger partial charge < -0.3 is 14.8 Å². The number of nitrogens with one attached hydrogen (secondary N) is 1. The molecule has 0 aliphatic rings. The lowest BCUT2D eigenvalue weighted by Crippen LogP contribution is -2.03. The molecular formula is C19H16FN3O4. The molecule has 1 heterocycles. The number of methoxy groups -OCH3 is 1. The molecule has 0 fully saturated rings. The van der Waals surface area contributed by atoms with E-state index in [1.54, 1.807) is 49.7 Å². The zero-order valence-electron chi connectivity index (χ0n) is 14.4. The first kappa shape index (κ1) is 18.1. The van der Waals surface area contributed by atoms with Crippen LogP contribution in [0.2, 0.25) is 0 Å². The number of pyridine rings is 1. The number of nitrogens with zero attached hydrogens (tertiary/aromatic N) is 2. The summed E-state index contributed by atoms with van der Waals surface area (Å²) in [5.41, 5.74) is 0.672. The van der Waals surface area contributed by atoms with Crippen LogP contribution in [0.15, 0.2) is 60.8 Å². The number of nitro benzene ring substituents is 1. The highest BCUT2D eigenvalue weighted by Gasteiger charge is 2.14. The van der Waals surface area contributed by atoms with Crippen molar-refractivity contribution in [3.63, 3.8) is 0 Å². The third-order valence-corrected chi connectivity index (χ3v) is 3.70. The number of aromatic nitrogens is 1. The summed E-state index contributed by atoms with van der Waals surface area (Å²) in [5.74, 6) is 1.10. The van der Waals surface area contributed by atoms with Crippen LogP contribution in [-0.2, 0) is 6.54 Å². The van der Waals surface area contributed by atoms with Crippen LogP contribution in [0.5, 0.6) is 17.4 Å². The van der Waals surface area contributed by atoms with Gasteiger partial charge in [-0.05, 0) is 23.8 Å². The van der Waals surface area contributed by atoms with Gasteiger partial charge in [-0.2, -0.15) is 0 Å². The van der Waals surface area contributed by atoms with Crippen molar-refractivity contribution in [1.29, 1.82) is 0 Å². The fraction of sp³-hybridized carbons (Fsp3) is 0.105. The Morgan fingerprint density at radius 3 is 2.67 bits per heavy atom. The van der Waals surface area contributed by atoms with Gasteiger partial charge in [0, 0.05) is 37.0 Å². The molecule has 0 spiro atoms. The molecule has 0 saturated heterocycles. The van der Waals surface area contributed by atoms with Crippen LogP contribution in [0.3, 0.4) is 0 Å². The van der Waals surface area contributed by atoms with E-state index in [1.807, 2.05) is 0 Å². The molecule has 0 aliphatic carbocycles. The number of nitro groups is 1. The first-order chi connectivity index (χ1) is 13.0. The van der Waals surface area contributed by atoms with Crippen LogP contribution in [0.1, 0.15) is 5.56 Å². The molecule has 138 valence electrons. The zero-order chi connectivity index (χ0) is 19.2. The van der Waals surface area contributed by atoms with Crippen LogP contribution in [-0.4, -0.2) is 17.0 Å². The standard InChI is InChI=1S/C19H16FN3O4/c1-26-15-3-2-4-16(10-15)27-19-8-5-13(12-22-19)11-21-17-9-14(20)6-7-18(17)23(24)25/h2-10,12,21H,11H2,1H3. The minimum absolute atomic E-state index is 0.108. The van der Waals surface area contributed by atoms with E-state index in [4.69, 9.17) is 9.47 Å². The van der Waals surface area contributed by atoms with Gasteiger partial charge in [0.05, 0.1) is 12.0 Å². The smallest absolute Gasteiger partial charge is 0.292 e. The van der Waals surface area contributed by atoms with Crippen molar-refractivity contribution in [2.75, 3.05) is 12.4 Å². The van der Waals surface area contributed by atoms with E-state index >= 15 is 0 Å². The summed E-state index contributed by atoms with van der Waals surface area (Å²) < 4.78 is 24.1. The van der Waals surface area contributed by atoms with Crippen molar-refractivity contribution in [2.24, 2.45) is 0 Å². The minimum atomic E-state index is -0.564. The Bertz CT molecular complexity index is 948. The molecule has 0 aliphatic heterocycles. The first-order valence-electron chi connectivity index (χ1n) is 8.00. The molecule has 0 atom stereocenters. The van der Waals surface area contributed by atoms with E-state index in [1.165, 1.54) is 0 Å². The van der Waals surface area contributed by atoms with Gasteiger partial charge in [-0.25, -0.2) is 9.37 Å². The summed E-state index contributed by atoms with van der Waals surface area (Å²) in [6.07, 6.45) is 1.58. The summed E-state index contributed by atoms with van der Waals surface area (Å²) in [6, 6.07) is 13.8. The molecule has 3 aromatic rings. The number of halogens is 1. The average molecular weight is 369 g/mol. The predicted octanol–water partition coefficient (Wildman–Crippen LogP) is 4.54. The largest absolute Gasteiger partial charge is 0.497 e. The molecule has 1 N–H and O–H groups in total. The fourth-order valence-electron chi connectivity index (χ4n) is 2.37. The second-order valence-electron chi connectivity index (χ2n) is 5.56. The van der Waals surface area contributed by atoms with Gasteiger partial charge in [0.25, 0.3) is 5.69 Å². The van der Waals surface area contributed by atoms with Gasteiger partial charge in [0.2, 0.25) is 5.88 Å². The molecule has 0 saturated carbocycles. The summed E-state index contributed by atoms with van der Waals surface area (Å²) in [4.78, 5) is 14.7. The van der Waals surface area contributed by atoms with Crippen molar-refractivity contribution in [1.82, 2.24) is 4.98 Å². The summed E-state index contributed by atoms with van der Waals surface area (Å²) >= 11 is 0. The highest BCUT2D eigenvalue weighted by atomic mass is 19.1. The highest BCUT2D eigenvalue weighted by Crippen LogP contribution is 2.26. The van der Waals surface area contributed by atoms with E-state index in [-0.39, 0.29) is 17.9 Å². The second kappa shape index (κ2) is 8.13. The fourth-order valence-corrected chi connectivity index (χ4v) is 2.37. The SMILES string of the molecule is COc1cccc(Oc2ccc(CNc3cc(F)ccc3[N+](=O)[O-])cn2)c1. The van der Waals surface area contributed by atoms with Gasteiger partial charge >= 0.3 is 0 Å². The van der Waals surface area contributed by atoms with Crippen LogP contribution in [0.25, 0.3) is 0 Å². The molecule has 0 unspecified atom stereocenters. The van der Waals surface area contributed by atoms with Gasteiger partial charge in [-0.15, -0.1) is 0 Å². The zero-order valence-corrected chi connectivity index (χ0v) is 14.4. The number of hydrogen-bond donors (Lipinski definition) is 1. The van der Waals surface area contributed by atoms with Crippen molar-refractivity contribution in [2.45, 2.75) is 6.54 Å². The predicted molar refractivity (Wildman–Crippen MR) is 97.7 cm³/mol. The maximum atomic E-state index is 13.3. The topological polar surface area (TPSA) is 86.5 Å². The maximum absolute atomic E-state index is 13.3.